The number of ether oxygens (including phenoxy) is 2. The summed E-state index contributed by atoms with van der Waals surface area (Å²) in [6.45, 7) is 0. The predicted molar refractivity (Wildman–Crippen MR) is 64.4 cm³/mol. The maximum Gasteiger partial charge on any atom is 0.364 e. The minimum absolute atomic E-state index is 0.0788. The molecule has 0 unspecified atom stereocenters. The first kappa shape index (κ1) is 11.8. The van der Waals surface area contributed by atoms with Crippen LogP contribution in [0.3, 0.4) is 0 Å². The van der Waals surface area contributed by atoms with E-state index in [1.807, 2.05) is 0 Å². The molecule has 6 heteroatoms. The second kappa shape index (κ2) is 5.13. The number of carbonyl (C=O) groups excluding carboxylic acids is 1. The van der Waals surface area contributed by atoms with E-state index in [0.29, 0.717) is 11.5 Å². The molecule has 0 saturated carbocycles. The maximum atomic E-state index is 11.8. The zero-order valence-electron chi connectivity index (χ0n) is 9.66. The van der Waals surface area contributed by atoms with Crippen LogP contribution in [0, 0.1) is 0 Å². The van der Waals surface area contributed by atoms with Gasteiger partial charge in [0.05, 0.1) is 19.5 Å². The lowest BCUT2D eigenvalue weighted by atomic mass is 10.3. The zero-order valence-corrected chi connectivity index (χ0v) is 9.66. The van der Waals surface area contributed by atoms with Crippen molar-refractivity contribution in [2.45, 2.75) is 0 Å². The van der Waals surface area contributed by atoms with Crippen molar-refractivity contribution in [2.75, 3.05) is 12.8 Å². The Morgan fingerprint density at radius 3 is 2.50 bits per heavy atom. The molecule has 6 nitrogen and oxygen atoms in total. The molecule has 0 atom stereocenters. The van der Waals surface area contributed by atoms with Gasteiger partial charge in [0.2, 0.25) is 0 Å². The van der Waals surface area contributed by atoms with Gasteiger partial charge in [-0.25, -0.2) is 14.8 Å². The van der Waals surface area contributed by atoms with Crippen LogP contribution in [-0.2, 0) is 0 Å². The molecule has 0 aliphatic carbocycles. The van der Waals surface area contributed by atoms with Crippen LogP contribution in [0.2, 0.25) is 0 Å². The number of para-hydroxylation sites is 2. The van der Waals surface area contributed by atoms with Crippen molar-refractivity contribution in [3.05, 3.63) is 42.4 Å². The Balaban J connectivity index is 2.18. The number of nitrogen functional groups attached to an aromatic ring is 1. The van der Waals surface area contributed by atoms with Crippen LogP contribution in [-0.4, -0.2) is 23.0 Å². The fourth-order valence-electron chi connectivity index (χ4n) is 1.30. The van der Waals surface area contributed by atoms with Gasteiger partial charge in [0.15, 0.2) is 17.2 Å². The van der Waals surface area contributed by atoms with Crippen molar-refractivity contribution in [3.8, 4) is 11.5 Å². The number of carbonyl (C=O) groups is 1. The highest BCUT2D eigenvalue weighted by Crippen LogP contribution is 2.26. The van der Waals surface area contributed by atoms with Gasteiger partial charge in [0, 0.05) is 0 Å². The molecule has 0 aliphatic rings. The SMILES string of the molecule is COc1ccccc1OC(=O)c1cnc(N)cn1. The molecule has 0 radical (unpaired) electrons. The topological polar surface area (TPSA) is 87.3 Å². The van der Waals surface area contributed by atoms with E-state index in [1.54, 1.807) is 24.3 Å². The second-order valence-electron chi connectivity index (χ2n) is 3.37. The molecule has 0 aliphatic heterocycles. The van der Waals surface area contributed by atoms with Crippen LogP contribution in [0.15, 0.2) is 36.7 Å². The predicted octanol–water partition coefficient (Wildman–Crippen LogP) is 1.29. The van der Waals surface area contributed by atoms with Crippen molar-refractivity contribution >= 4 is 11.8 Å². The van der Waals surface area contributed by atoms with E-state index in [0.717, 1.165) is 0 Å². The van der Waals surface area contributed by atoms with Gasteiger partial charge < -0.3 is 15.2 Å². The van der Waals surface area contributed by atoms with Crippen molar-refractivity contribution in [3.63, 3.8) is 0 Å². The molecule has 0 spiro atoms. The van der Waals surface area contributed by atoms with E-state index in [1.165, 1.54) is 19.5 Å². The first-order valence-electron chi connectivity index (χ1n) is 5.13. The maximum absolute atomic E-state index is 11.8. The summed E-state index contributed by atoms with van der Waals surface area (Å²) in [6, 6.07) is 6.83. The van der Waals surface area contributed by atoms with Crippen LogP contribution < -0.4 is 15.2 Å². The number of esters is 1. The zero-order chi connectivity index (χ0) is 13.0. The molecular formula is C12H11N3O3. The molecule has 0 fully saturated rings. The summed E-state index contributed by atoms with van der Waals surface area (Å²) < 4.78 is 10.2. The highest BCUT2D eigenvalue weighted by atomic mass is 16.6. The third-order valence-electron chi connectivity index (χ3n) is 2.15. The molecule has 0 saturated heterocycles. The van der Waals surface area contributed by atoms with E-state index in [2.05, 4.69) is 9.97 Å². The summed E-state index contributed by atoms with van der Waals surface area (Å²) in [7, 11) is 1.50. The average Bonchev–Trinajstić information content (AvgIpc) is 2.40. The van der Waals surface area contributed by atoms with Gasteiger partial charge in [-0.2, -0.15) is 0 Å². The molecule has 2 aromatic rings. The number of hydrogen-bond donors (Lipinski definition) is 1. The first-order chi connectivity index (χ1) is 8.70. The largest absolute Gasteiger partial charge is 0.493 e. The van der Waals surface area contributed by atoms with Crippen molar-refractivity contribution in [1.29, 1.82) is 0 Å². The van der Waals surface area contributed by atoms with E-state index in [9.17, 15) is 4.79 Å². The summed E-state index contributed by atoms with van der Waals surface area (Å²) in [5.41, 5.74) is 5.46. The van der Waals surface area contributed by atoms with Gasteiger partial charge in [0.1, 0.15) is 5.82 Å². The Bertz CT molecular complexity index is 555. The summed E-state index contributed by atoms with van der Waals surface area (Å²) in [5.74, 6) is 0.411. The summed E-state index contributed by atoms with van der Waals surface area (Å²) in [5, 5.41) is 0. The Morgan fingerprint density at radius 2 is 1.89 bits per heavy atom. The lowest BCUT2D eigenvalue weighted by Crippen LogP contribution is -2.12. The molecule has 18 heavy (non-hydrogen) atoms. The minimum Gasteiger partial charge on any atom is -0.493 e. The van der Waals surface area contributed by atoms with Gasteiger partial charge >= 0.3 is 5.97 Å². The molecule has 0 amide bonds. The normalized spacial score (nSPS) is 9.83. The number of methoxy groups -OCH3 is 1. The van der Waals surface area contributed by atoms with Gasteiger partial charge in [-0.05, 0) is 12.1 Å². The second-order valence-corrected chi connectivity index (χ2v) is 3.37. The molecule has 0 bridgehead atoms. The lowest BCUT2D eigenvalue weighted by molar-refractivity contribution is 0.0723. The summed E-state index contributed by atoms with van der Waals surface area (Å²) >= 11 is 0. The monoisotopic (exact) mass is 245 g/mol. The number of aromatic nitrogens is 2. The van der Waals surface area contributed by atoms with Gasteiger partial charge in [-0.3, -0.25) is 0 Å². The van der Waals surface area contributed by atoms with Crippen LogP contribution in [0.5, 0.6) is 11.5 Å². The van der Waals surface area contributed by atoms with E-state index < -0.39 is 5.97 Å². The van der Waals surface area contributed by atoms with Crippen LogP contribution in [0.1, 0.15) is 10.5 Å². The Morgan fingerprint density at radius 1 is 1.17 bits per heavy atom. The van der Waals surface area contributed by atoms with Crippen LogP contribution >= 0.6 is 0 Å². The number of nitrogens with zero attached hydrogens (tertiary/aromatic N) is 2. The van der Waals surface area contributed by atoms with Gasteiger partial charge in [0.25, 0.3) is 0 Å². The fraction of sp³-hybridized carbons (Fsp3) is 0.0833. The molecule has 92 valence electrons. The van der Waals surface area contributed by atoms with Crippen molar-refractivity contribution in [2.24, 2.45) is 0 Å². The number of rotatable bonds is 3. The van der Waals surface area contributed by atoms with Crippen LogP contribution in [0.4, 0.5) is 5.82 Å². The van der Waals surface area contributed by atoms with Gasteiger partial charge in [-0.15, -0.1) is 0 Å². The minimum atomic E-state index is -0.619. The Kier molecular flexibility index (Phi) is 3.38. The van der Waals surface area contributed by atoms with Crippen molar-refractivity contribution in [1.82, 2.24) is 9.97 Å². The molecule has 2 rings (SSSR count). The first-order valence-corrected chi connectivity index (χ1v) is 5.13. The summed E-state index contributed by atoms with van der Waals surface area (Å²) in [4.78, 5) is 19.4. The average molecular weight is 245 g/mol. The summed E-state index contributed by atoms with van der Waals surface area (Å²) in [6.07, 6.45) is 2.55. The fourth-order valence-corrected chi connectivity index (χ4v) is 1.30. The molecule has 1 heterocycles. The number of anilines is 1. The number of nitrogens with two attached hydrogens (primary N) is 1. The number of hydrogen-bond acceptors (Lipinski definition) is 6. The quantitative estimate of drug-likeness (QED) is 0.647. The van der Waals surface area contributed by atoms with Crippen molar-refractivity contribution < 1.29 is 14.3 Å². The molecule has 2 N–H and O–H groups in total. The highest BCUT2D eigenvalue weighted by molar-refractivity contribution is 5.89. The molecular weight excluding hydrogens is 234 g/mol. The third kappa shape index (κ3) is 2.54. The standard InChI is InChI=1S/C12H11N3O3/c1-17-9-4-2-3-5-10(9)18-12(16)8-6-15-11(13)7-14-8/h2-7H,1H3,(H2,13,15). The van der Waals surface area contributed by atoms with E-state index in [4.69, 9.17) is 15.2 Å². The third-order valence-corrected chi connectivity index (χ3v) is 2.15. The van der Waals surface area contributed by atoms with Gasteiger partial charge in [-0.1, -0.05) is 12.1 Å². The highest BCUT2D eigenvalue weighted by Gasteiger charge is 2.13. The van der Waals surface area contributed by atoms with Crippen LogP contribution in [0.25, 0.3) is 0 Å². The Labute approximate surface area is 103 Å². The molecule has 1 aromatic carbocycles. The van der Waals surface area contributed by atoms with E-state index in [-0.39, 0.29) is 11.5 Å². The van der Waals surface area contributed by atoms with E-state index >= 15 is 0 Å². The lowest BCUT2D eigenvalue weighted by Gasteiger charge is -2.07. The number of benzene rings is 1. The molecule has 1 aromatic heterocycles. The Hall–Kier alpha value is -2.63. The smallest absolute Gasteiger partial charge is 0.364 e.